The number of hydrogen-bond donors (Lipinski definition) is 1. The van der Waals surface area contributed by atoms with Gasteiger partial charge in [-0.3, -0.25) is 9.59 Å². The molecule has 1 amide bonds. The number of aliphatic carboxylic acids is 1. The molecule has 0 bridgehead atoms. The lowest BCUT2D eigenvalue weighted by Gasteiger charge is -2.53. The molecule has 1 heterocycles. The summed E-state index contributed by atoms with van der Waals surface area (Å²) in [5.74, 6) is -1.63. The van der Waals surface area contributed by atoms with Crippen LogP contribution < -0.4 is 0 Å². The molecule has 0 aliphatic carbocycles. The molecule has 0 aromatic heterocycles. The fourth-order valence-corrected chi connectivity index (χ4v) is 6.96. The molecule has 3 rings (SSSR count). The average Bonchev–Trinajstić information content (AvgIpc) is 2.87. The molecule has 1 fully saturated rings. The number of carboxylic acid groups (broad SMARTS) is 1. The van der Waals surface area contributed by atoms with E-state index in [1.54, 1.807) is 30.0 Å². The number of carbonyl (C=O) groups is 2. The van der Waals surface area contributed by atoms with Crippen molar-refractivity contribution in [3.8, 4) is 6.07 Å². The number of piperidine rings is 1. The van der Waals surface area contributed by atoms with Gasteiger partial charge in [0.25, 0.3) is 0 Å². The molecule has 4 atom stereocenters. The number of rotatable bonds is 11. The van der Waals surface area contributed by atoms with Gasteiger partial charge in [-0.05, 0) is 54.2 Å². The first-order valence-corrected chi connectivity index (χ1v) is 15.0. The lowest BCUT2D eigenvalue weighted by molar-refractivity contribution is -0.161. The number of nitrogens with zero attached hydrogens (tertiary/aromatic N) is 3. The quantitative estimate of drug-likeness (QED) is 0.223. The summed E-state index contributed by atoms with van der Waals surface area (Å²) in [5.41, 5.74) is 0.541. The molecule has 2 aromatic carbocycles. The monoisotopic (exact) mass is 590 g/mol. The molecular formula is C29H34Cl2N3O4S-. The van der Waals surface area contributed by atoms with Crippen LogP contribution in [0.2, 0.25) is 10.0 Å². The minimum atomic E-state index is -1.60. The van der Waals surface area contributed by atoms with E-state index in [0.717, 1.165) is 11.1 Å². The van der Waals surface area contributed by atoms with Gasteiger partial charge in [0.15, 0.2) is 0 Å². The molecule has 0 spiro atoms. The molecule has 1 N–H and O–H groups in total. The Balaban J connectivity index is 2.20. The second-order valence-electron chi connectivity index (χ2n) is 10.6. The van der Waals surface area contributed by atoms with E-state index in [4.69, 9.17) is 28.5 Å². The summed E-state index contributed by atoms with van der Waals surface area (Å²) < 4.78 is 17.3. The van der Waals surface area contributed by atoms with E-state index in [1.165, 1.54) is 0 Å². The highest BCUT2D eigenvalue weighted by molar-refractivity contribution is 7.74. The normalized spacial score (nSPS) is 23.0. The van der Waals surface area contributed by atoms with Gasteiger partial charge in [0.05, 0.1) is 23.9 Å². The van der Waals surface area contributed by atoms with Crippen molar-refractivity contribution >= 4 is 45.7 Å². The fourth-order valence-electron chi connectivity index (χ4n) is 5.36. The molecule has 39 heavy (non-hydrogen) atoms. The Labute approximate surface area is 242 Å². The highest BCUT2D eigenvalue weighted by atomic mass is 35.5. The van der Waals surface area contributed by atoms with Crippen molar-refractivity contribution in [2.45, 2.75) is 64.5 Å². The van der Waals surface area contributed by atoms with Crippen molar-refractivity contribution in [2.75, 3.05) is 12.3 Å². The predicted molar refractivity (Wildman–Crippen MR) is 154 cm³/mol. The number of nitriles is 1. The summed E-state index contributed by atoms with van der Waals surface area (Å²) in [5, 5.41) is 19.7. The van der Waals surface area contributed by atoms with Gasteiger partial charge in [0.1, 0.15) is 0 Å². The largest absolute Gasteiger partial charge is 0.481 e. The zero-order valence-corrected chi connectivity index (χ0v) is 24.7. The fraction of sp³-hybridized carbons (Fsp3) is 0.483. The topological polar surface area (TPSA) is 111 Å². The van der Waals surface area contributed by atoms with Gasteiger partial charge in [0, 0.05) is 35.0 Å². The molecule has 210 valence electrons. The first kappa shape index (κ1) is 30.9. The third-order valence-electron chi connectivity index (χ3n) is 7.25. The maximum atomic E-state index is 14.3. The number of likely N-dealkylation sites (tertiary alicyclic amines) is 1. The number of carbonyl (C=O) groups excluding carboxylic acids is 1. The van der Waals surface area contributed by atoms with Crippen LogP contribution in [-0.4, -0.2) is 40.2 Å². The van der Waals surface area contributed by atoms with Crippen molar-refractivity contribution < 1.29 is 18.9 Å². The number of halogens is 2. The molecule has 1 aliphatic heterocycles. The van der Waals surface area contributed by atoms with Gasteiger partial charge in [0.2, 0.25) is 5.91 Å². The number of amides is 1. The number of unbranched alkanes of at least 4 members (excludes halogenated alkanes) is 1. The van der Waals surface area contributed by atoms with Gasteiger partial charge < -0.3 is 18.6 Å². The van der Waals surface area contributed by atoms with Crippen LogP contribution in [0.3, 0.4) is 0 Å². The highest BCUT2D eigenvalue weighted by Gasteiger charge is 2.52. The average molecular weight is 592 g/mol. The number of carboxylic acids is 1. The Kier molecular flexibility index (Phi) is 10.8. The van der Waals surface area contributed by atoms with Crippen LogP contribution in [0.25, 0.3) is 0 Å². The van der Waals surface area contributed by atoms with Gasteiger partial charge in [-0.1, -0.05) is 74.0 Å². The summed E-state index contributed by atoms with van der Waals surface area (Å²) in [6.07, 6.45) is 0.804. The van der Waals surface area contributed by atoms with Crippen molar-refractivity contribution in [3.63, 3.8) is 0 Å². The SMILES string of the molecule is CC(C)[C@@H](C[S-](=O)=NCCCC#N)N1C(=O)[C@@](C)(CC(=O)O)C[C@H](c2cccc(Cl)c2)[C@H]1c1ccc(Cl)cc1. The molecule has 0 radical (unpaired) electrons. The van der Waals surface area contributed by atoms with Crippen molar-refractivity contribution in [3.05, 3.63) is 69.7 Å². The van der Waals surface area contributed by atoms with E-state index in [1.807, 2.05) is 44.2 Å². The Morgan fingerprint density at radius 2 is 1.90 bits per heavy atom. The molecular weight excluding hydrogens is 557 g/mol. The smallest absolute Gasteiger partial charge is 0.304 e. The van der Waals surface area contributed by atoms with Crippen LogP contribution in [-0.2, 0) is 24.4 Å². The Bertz CT molecular complexity index is 1300. The highest BCUT2D eigenvalue weighted by Crippen LogP contribution is 2.52. The summed E-state index contributed by atoms with van der Waals surface area (Å²) in [6.45, 7) is 5.91. The first-order chi connectivity index (χ1) is 18.5. The molecule has 0 unspecified atom stereocenters. The first-order valence-electron chi connectivity index (χ1n) is 12.9. The van der Waals surface area contributed by atoms with E-state index in [9.17, 15) is 18.9 Å². The minimum absolute atomic E-state index is 0.103. The third kappa shape index (κ3) is 7.75. The third-order valence-corrected chi connectivity index (χ3v) is 8.84. The van der Waals surface area contributed by atoms with Crippen molar-refractivity contribution in [1.29, 1.82) is 5.26 Å². The van der Waals surface area contributed by atoms with Crippen LogP contribution in [0.1, 0.15) is 69.5 Å². The number of hydrogen-bond acceptors (Lipinski definition) is 6. The number of benzene rings is 2. The molecule has 0 saturated carbocycles. The van der Waals surface area contributed by atoms with Gasteiger partial charge in [-0.25, -0.2) is 0 Å². The summed E-state index contributed by atoms with van der Waals surface area (Å²) in [6, 6.07) is 15.8. The van der Waals surface area contributed by atoms with Crippen LogP contribution >= 0.6 is 23.2 Å². The molecule has 2 aromatic rings. The lowest BCUT2D eigenvalue weighted by Crippen LogP contribution is -2.58. The van der Waals surface area contributed by atoms with E-state index in [-0.39, 0.29) is 29.9 Å². The minimum Gasteiger partial charge on any atom is -0.481 e. The van der Waals surface area contributed by atoms with E-state index in [0.29, 0.717) is 35.9 Å². The van der Waals surface area contributed by atoms with Gasteiger partial charge in [-0.15, -0.1) is 0 Å². The maximum Gasteiger partial charge on any atom is 0.304 e. The zero-order valence-electron chi connectivity index (χ0n) is 22.3. The van der Waals surface area contributed by atoms with Crippen LogP contribution in [0.4, 0.5) is 0 Å². The van der Waals surface area contributed by atoms with E-state index in [2.05, 4.69) is 10.4 Å². The standard InChI is InChI=1S/C29H34Cl2N3O4S/c1-19(2)25(18-39(38)33-14-5-4-13-32)34-27(20-9-11-22(30)12-10-20)24(21-7-6-8-23(31)15-21)16-29(3,28(34)37)17-26(35)36/h6-12,15,19,24-25,27H,4-5,14,16-18H2,1-3H3,(H,35,36)/q-1/t24-,25-,27-,29-/m1/s1. The van der Waals surface area contributed by atoms with Crippen LogP contribution in [0.5, 0.6) is 0 Å². The second-order valence-corrected chi connectivity index (χ2v) is 12.7. The van der Waals surface area contributed by atoms with Gasteiger partial charge >= 0.3 is 5.97 Å². The summed E-state index contributed by atoms with van der Waals surface area (Å²) in [7, 11) is -1.60. The summed E-state index contributed by atoms with van der Waals surface area (Å²) >= 11 is 12.6. The van der Waals surface area contributed by atoms with Gasteiger partial charge in [-0.2, -0.15) is 15.9 Å². The van der Waals surface area contributed by atoms with E-state index >= 15 is 0 Å². The Morgan fingerprint density at radius 1 is 1.21 bits per heavy atom. The van der Waals surface area contributed by atoms with Crippen molar-refractivity contribution in [1.82, 2.24) is 4.90 Å². The zero-order chi connectivity index (χ0) is 28.7. The second kappa shape index (κ2) is 13.6. The Morgan fingerprint density at radius 3 is 2.49 bits per heavy atom. The van der Waals surface area contributed by atoms with Crippen LogP contribution in [0.15, 0.2) is 52.9 Å². The van der Waals surface area contributed by atoms with Crippen LogP contribution in [0, 0.1) is 22.7 Å². The predicted octanol–water partition coefficient (Wildman–Crippen LogP) is 7.01. The maximum absolute atomic E-state index is 14.3. The molecule has 1 saturated heterocycles. The molecule has 1 aliphatic rings. The van der Waals surface area contributed by atoms with E-state index < -0.39 is 34.1 Å². The molecule has 10 heteroatoms. The molecule has 7 nitrogen and oxygen atoms in total. The van der Waals surface area contributed by atoms with Crippen molar-refractivity contribution in [2.24, 2.45) is 15.7 Å². The lowest BCUT2D eigenvalue weighted by atomic mass is 9.66. The summed E-state index contributed by atoms with van der Waals surface area (Å²) in [4.78, 5) is 28.1. The Hall–Kier alpha value is -2.60.